The minimum absolute atomic E-state index is 0.237. The lowest BCUT2D eigenvalue weighted by Crippen LogP contribution is -2.48. The highest BCUT2D eigenvalue weighted by Crippen LogP contribution is 2.40. The molecule has 0 N–H and O–H groups in total. The van der Waals surface area contributed by atoms with Crippen LogP contribution in [0.15, 0.2) is 0 Å². The highest BCUT2D eigenvalue weighted by atomic mass is 16.7. The van der Waals surface area contributed by atoms with Crippen molar-refractivity contribution >= 4 is 0 Å². The first-order valence-electron chi connectivity index (χ1n) is 8.24. The number of morpholine rings is 1. The van der Waals surface area contributed by atoms with E-state index in [2.05, 4.69) is 25.7 Å². The molecule has 1 aliphatic carbocycles. The Kier molecular flexibility index (Phi) is 4.37. The molecule has 0 radical (unpaired) electrons. The summed E-state index contributed by atoms with van der Waals surface area (Å²) in [6.07, 6.45) is 5.50. The first-order valence-corrected chi connectivity index (χ1v) is 8.24. The molecule has 2 saturated heterocycles. The maximum absolute atomic E-state index is 6.31. The highest BCUT2D eigenvalue weighted by Gasteiger charge is 2.44. The molecule has 1 spiro atoms. The van der Waals surface area contributed by atoms with Gasteiger partial charge in [-0.1, -0.05) is 6.92 Å². The summed E-state index contributed by atoms with van der Waals surface area (Å²) in [5, 5.41) is 0. The van der Waals surface area contributed by atoms with Crippen LogP contribution in [0, 0.1) is 5.92 Å². The van der Waals surface area contributed by atoms with Crippen LogP contribution in [-0.2, 0) is 14.2 Å². The number of hydrogen-bond donors (Lipinski definition) is 0. The second-order valence-corrected chi connectivity index (χ2v) is 7.12. The van der Waals surface area contributed by atoms with E-state index in [1.807, 2.05) is 0 Å². The predicted molar refractivity (Wildman–Crippen MR) is 77.6 cm³/mol. The van der Waals surface area contributed by atoms with Crippen molar-refractivity contribution in [3.05, 3.63) is 0 Å². The van der Waals surface area contributed by atoms with Gasteiger partial charge in [0.15, 0.2) is 5.79 Å². The van der Waals surface area contributed by atoms with E-state index in [1.54, 1.807) is 0 Å². The summed E-state index contributed by atoms with van der Waals surface area (Å²) in [6.45, 7) is 10.4. The highest BCUT2D eigenvalue weighted by molar-refractivity contribution is 4.86. The maximum Gasteiger partial charge on any atom is 0.168 e. The van der Waals surface area contributed by atoms with Gasteiger partial charge in [-0.15, -0.1) is 0 Å². The predicted octanol–water partition coefficient (Wildman–Crippen LogP) is 2.42. The summed E-state index contributed by atoms with van der Waals surface area (Å²) in [7, 11) is 0. The van der Waals surface area contributed by atoms with Gasteiger partial charge in [0.25, 0.3) is 0 Å². The summed E-state index contributed by atoms with van der Waals surface area (Å²) in [4.78, 5) is 2.47. The van der Waals surface area contributed by atoms with Gasteiger partial charge in [0.2, 0.25) is 0 Å². The molecule has 3 rings (SSSR count). The topological polar surface area (TPSA) is 30.9 Å². The van der Waals surface area contributed by atoms with Crippen LogP contribution in [0.4, 0.5) is 0 Å². The minimum atomic E-state index is -0.249. The van der Waals surface area contributed by atoms with Gasteiger partial charge in [-0.3, -0.25) is 4.90 Å². The second-order valence-electron chi connectivity index (χ2n) is 7.12. The normalized spacial score (nSPS) is 47.0. The SMILES string of the molecule is CC1CCC2(CC1)OCC(CN1CC(C)OC(C)C1)O2. The van der Waals surface area contributed by atoms with Crippen LogP contribution in [0.25, 0.3) is 0 Å². The number of hydrogen-bond acceptors (Lipinski definition) is 4. The van der Waals surface area contributed by atoms with E-state index in [0.29, 0.717) is 12.2 Å². The minimum Gasteiger partial charge on any atom is -0.373 e. The van der Waals surface area contributed by atoms with Crippen molar-refractivity contribution < 1.29 is 14.2 Å². The largest absolute Gasteiger partial charge is 0.373 e. The van der Waals surface area contributed by atoms with E-state index in [9.17, 15) is 0 Å². The summed E-state index contributed by atoms with van der Waals surface area (Å²) in [5.41, 5.74) is 0. The fourth-order valence-corrected chi connectivity index (χ4v) is 3.89. The molecule has 3 aliphatic rings. The van der Waals surface area contributed by atoms with Gasteiger partial charge < -0.3 is 14.2 Å². The fourth-order valence-electron chi connectivity index (χ4n) is 3.89. The lowest BCUT2D eigenvalue weighted by atomic mass is 9.86. The molecule has 2 aliphatic heterocycles. The van der Waals surface area contributed by atoms with Crippen molar-refractivity contribution in [3.63, 3.8) is 0 Å². The van der Waals surface area contributed by atoms with E-state index < -0.39 is 0 Å². The number of rotatable bonds is 2. The van der Waals surface area contributed by atoms with E-state index in [0.717, 1.165) is 45.0 Å². The van der Waals surface area contributed by atoms with Crippen LogP contribution < -0.4 is 0 Å². The third-order valence-electron chi connectivity index (χ3n) is 4.91. The molecule has 4 nitrogen and oxygen atoms in total. The van der Waals surface area contributed by atoms with Crippen molar-refractivity contribution in [3.8, 4) is 0 Å². The van der Waals surface area contributed by atoms with Crippen LogP contribution in [0.3, 0.4) is 0 Å². The Balaban J connectivity index is 1.50. The summed E-state index contributed by atoms with van der Waals surface area (Å²) < 4.78 is 18.2. The number of nitrogens with zero attached hydrogens (tertiary/aromatic N) is 1. The van der Waals surface area contributed by atoms with Gasteiger partial charge in [-0.05, 0) is 32.6 Å². The van der Waals surface area contributed by atoms with Gasteiger partial charge in [-0.25, -0.2) is 0 Å². The lowest BCUT2D eigenvalue weighted by Gasteiger charge is -2.37. The zero-order valence-electron chi connectivity index (χ0n) is 13.1. The molecule has 3 unspecified atom stereocenters. The molecule has 0 aromatic rings. The van der Waals surface area contributed by atoms with Crippen molar-refractivity contribution in [1.29, 1.82) is 0 Å². The van der Waals surface area contributed by atoms with Crippen molar-refractivity contribution in [2.45, 2.75) is 70.6 Å². The molecule has 0 aromatic heterocycles. The maximum atomic E-state index is 6.31. The molecule has 1 saturated carbocycles. The van der Waals surface area contributed by atoms with E-state index in [4.69, 9.17) is 14.2 Å². The summed E-state index contributed by atoms with van der Waals surface area (Å²) >= 11 is 0. The molecule has 4 heteroatoms. The summed E-state index contributed by atoms with van der Waals surface area (Å²) in [6, 6.07) is 0. The monoisotopic (exact) mass is 283 g/mol. The molecule has 3 atom stereocenters. The third kappa shape index (κ3) is 3.35. The Labute approximate surface area is 122 Å². The van der Waals surface area contributed by atoms with Gasteiger partial charge in [0.1, 0.15) is 0 Å². The summed E-state index contributed by atoms with van der Waals surface area (Å²) in [5.74, 6) is 0.577. The Hall–Kier alpha value is -0.160. The standard InChI is InChI=1S/C16H29NO3/c1-12-4-6-16(7-5-12)18-11-15(20-16)10-17-8-13(2)19-14(3)9-17/h12-15H,4-11H2,1-3H3. The van der Waals surface area contributed by atoms with Crippen LogP contribution in [0.1, 0.15) is 46.5 Å². The first-order chi connectivity index (χ1) is 9.55. The molecular formula is C16H29NO3. The molecular weight excluding hydrogens is 254 g/mol. The molecule has 116 valence electrons. The van der Waals surface area contributed by atoms with Crippen LogP contribution in [-0.4, -0.2) is 55.2 Å². The Morgan fingerprint density at radius 2 is 1.70 bits per heavy atom. The van der Waals surface area contributed by atoms with Crippen molar-refractivity contribution in [2.24, 2.45) is 5.92 Å². The van der Waals surface area contributed by atoms with Gasteiger partial charge in [0, 0.05) is 32.5 Å². The Bertz CT molecular complexity index is 318. The van der Waals surface area contributed by atoms with Crippen LogP contribution >= 0.6 is 0 Å². The van der Waals surface area contributed by atoms with E-state index >= 15 is 0 Å². The average Bonchev–Trinajstić information content (AvgIpc) is 2.75. The quantitative estimate of drug-likeness (QED) is 0.779. The first kappa shape index (κ1) is 14.8. The Morgan fingerprint density at radius 3 is 2.35 bits per heavy atom. The van der Waals surface area contributed by atoms with Gasteiger partial charge in [-0.2, -0.15) is 0 Å². The van der Waals surface area contributed by atoms with Gasteiger partial charge in [0.05, 0.1) is 24.9 Å². The van der Waals surface area contributed by atoms with Gasteiger partial charge >= 0.3 is 0 Å². The molecule has 0 bridgehead atoms. The molecule has 2 heterocycles. The van der Waals surface area contributed by atoms with E-state index in [1.165, 1.54) is 12.8 Å². The molecule has 3 fully saturated rings. The second kappa shape index (κ2) is 5.91. The lowest BCUT2D eigenvalue weighted by molar-refractivity contribution is -0.194. The van der Waals surface area contributed by atoms with Crippen molar-refractivity contribution in [2.75, 3.05) is 26.2 Å². The molecule has 20 heavy (non-hydrogen) atoms. The smallest absolute Gasteiger partial charge is 0.168 e. The third-order valence-corrected chi connectivity index (χ3v) is 4.91. The zero-order chi connectivity index (χ0) is 14.2. The van der Waals surface area contributed by atoms with Crippen molar-refractivity contribution in [1.82, 2.24) is 4.90 Å². The van der Waals surface area contributed by atoms with E-state index in [-0.39, 0.29) is 11.9 Å². The molecule has 0 amide bonds. The fraction of sp³-hybridized carbons (Fsp3) is 1.00. The zero-order valence-corrected chi connectivity index (χ0v) is 13.1. The average molecular weight is 283 g/mol. The van der Waals surface area contributed by atoms with Crippen LogP contribution in [0.5, 0.6) is 0 Å². The van der Waals surface area contributed by atoms with Crippen LogP contribution in [0.2, 0.25) is 0 Å². The number of ether oxygens (including phenoxy) is 3. The Morgan fingerprint density at radius 1 is 1.05 bits per heavy atom. The molecule has 0 aromatic carbocycles.